The fraction of sp³-hybridized carbons (Fsp3) is 0.296. The third-order valence-electron chi connectivity index (χ3n) is 6.51. The molecule has 9 nitrogen and oxygen atoms in total. The van der Waals surface area contributed by atoms with Gasteiger partial charge in [-0.25, -0.2) is 9.69 Å². The van der Waals surface area contributed by atoms with Crippen molar-refractivity contribution in [2.75, 3.05) is 18.1 Å². The summed E-state index contributed by atoms with van der Waals surface area (Å²) >= 11 is 5.54. The van der Waals surface area contributed by atoms with Gasteiger partial charge in [0.2, 0.25) is 11.8 Å². The molecule has 202 valence electrons. The van der Waals surface area contributed by atoms with E-state index >= 15 is 0 Å². The lowest BCUT2D eigenvalue weighted by atomic mass is 9.83. The minimum Gasteiger partial charge on any atom is -0.465 e. The van der Waals surface area contributed by atoms with Crippen molar-refractivity contribution in [2.45, 2.75) is 36.6 Å². The minimum absolute atomic E-state index is 0.177. The van der Waals surface area contributed by atoms with Crippen LogP contribution in [0.25, 0.3) is 0 Å². The number of fused-ring (bicyclic) bond motifs is 2. The van der Waals surface area contributed by atoms with Gasteiger partial charge in [0.1, 0.15) is 11.8 Å². The molecule has 0 N–H and O–H groups in total. The highest BCUT2D eigenvalue weighted by Crippen LogP contribution is 2.53. The highest BCUT2D eigenvalue weighted by molar-refractivity contribution is 9.10. The molecule has 39 heavy (non-hydrogen) atoms. The molecule has 0 bridgehead atoms. The molecule has 3 unspecified atom stereocenters. The second kappa shape index (κ2) is 11.1. The SMILES string of the molecule is CCOC(=O)Cn1c2c(sc1=O)C(c1ccc(Br)cc1)C1C(=O)N(c3ccc(C(=O)OCC)cc3)C(=O)C1S2. The summed E-state index contributed by atoms with van der Waals surface area (Å²) in [5, 5.41) is -0.321. The van der Waals surface area contributed by atoms with Crippen LogP contribution in [0.5, 0.6) is 0 Å². The van der Waals surface area contributed by atoms with Crippen LogP contribution >= 0.6 is 39.0 Å². The van der Waals surface area contributed by atoms with Crippen LogP contribution in [-0.2, 0) is 30.4 Å². The Bertz CT molecular complexity index is 1510. The van der Waals surface area contributed by atoms with Gasteiger partial charge in [-0.1, -0.05) is 51.2 Å². The number of carbonyl (C=O) groups is 4. The average molecular weight is 632 g/mol. The summed E-state index contributed by atoms with van der Waals surface area (Å²) in [5.74, 6) is -3.20. The number of hydrogen-bond acceptors (Lipinski definition) is 9. The van der Waals surface area contributed by atoms with Crippen LogP contribution < -0.4 is 9.77 Å². The van der Waals surface area contributed by atoms with E-state index in [2.05, 4.69) is 15.9 Å². The molecule has 1 fully saturated rings. The first-order valence-electron chi connectivity index (χ1n) is 12.2. The standard InChI is InChI=1S/C27H23BrN2O7S2/c1-3-36-18(31)13-29-25-22(39-27(29)35)19(14-5-9-16(28)10-6-14)20-21(38-25)24(33)30(23(20)32)17-11-7-15(8-12-17)26(34)37-4-2/h5-12,19-21H,3-4,13H2,1-2H3. The number of carbonyl (C=O) groups excluding carboxylic acids is 4. The summed E-state index contributed by atoms with van der Waals surface area (Å²) in [4.78, 5) is 66.5. The topological polar surface area (TPSA) is 112 Å². The van der Waals surface area contributed by atoms with Gasteiger partial charge in [0.05, 0.1) is 35.4 Å². The van der Waals surface area contributed by atoms with Crippen molar-refractivity contribution < 1.29 is 28.7 Å². The van der Waals surface area contributed by atoms with Gasteiger partial charge in [-0.15, -0.1) is 0 Å². The van der Waals surface area contributed by atoms with E-state index in [1.807, 2.05) is 24.3 Å². The average Bonchev–Trinajstić information content (AvgIpc) is 3.36. The fourth-order valence-corrected chi connectivity index (χ4v) is 7.87. The van der Waals surface area contributed by atoms with E-state index in [1.165, 1.54) is 16.7 Å². The smallest absolute Gasteiger partial charge is 0.338 e. The molecular weight excluding hydrogens is 608 g/mol. The van der Waals surface area contributed by atoms with Crippen molar-refractivity contribution in [3.05, 3.63) is 78.7 Å². The zero-order chi connectivity index (χ0) is 27.8. The zero-order valence-corrected chi connectivity index (χ0v) is 24.1. The summed E-state index contributed by atoms with van der Waals surface area (Å²) in [7, 11) is 0. The number of thioether (sulfide) groups is 1. The van der Waals surface area contributed by atoms with Crippen LogP contribution in [0.4, 0.5) is 5.69 Å². The van der Waals surface area contributed by atoms with Gasteiger partial charge in [0.25, 0.3) is 0 Å². The number of aromatic nitrogens is 1. The number of esters is 2. The second-order valence-electron chi connectivity index (χ2n) is 8.80. The van der Waals surface area contributed by atoms with Gasteiger partial charge < -0.3 is 9.47 Å². The van der Waals surface area contributed by atoms with Gasteiger partial charge >= 0.3 is 16.8 Å². The van der Waals surface area contributed by atoms with Crippen LogP contribution in [0.15, 0.2) is 62.8 Å². The number of amides is 2. The number of halogens is 1. The van der Waals surface area contributed by atoms with E-state index in [-0.39, 0.29) is 24.6 Å². The Labute approximate surface area is 240 Å². The molecule has 2 aliphatic rings. The van der Waals surface area contributed by atoms with Crippen LogP contribution in [0.2, 0.25) is 0 Å². The van der Waals surface area contributed by atoms with Crippen molar-refractivity contribution >= 4 is 68.5 Å². The maximum Gasteiger partial charge on any atom is 0.338 e. The van der Waals surface area contributed by atoms with Crippen molar-refractivity contribution in [3.8, 4) is 0 Å². The highest BCUT2D eigenvalue weighted by atomic mass is 79.9. The molecule has 2 amide bonds. The largest absolute Gasteiger partial charge is 0.465 e. The van der Waals surface area contributed by atoms with Crippen molar-refractivity contribution in [3.63, 3.8) is 0 Å². The summed E-state index contributed by atoms with van der Waals surface area (Å²) in [5.41, 5.74) is 1.43. The molecule has 0 saturated carbocycles. The first-order chi connectivity index (χ1) is 18.7. The van der Waals surface area contributed by atoms with Gasteiger partial charge in [-0.2, -0.15) is 0 Å². The molecule has 5 rings (SSSR count). The van der Waals surface area contributed by atoms with Gasteiger partial charge in [-0.3, -0.25) is 23.7 Å². The molecule has 2 aliphatic heterocycles. The molecule has 0 radical (unpaired) electrons. The van der Waals surface area contributed by atoms with E-state index in [9.17, 15) is 24.0 Å². The summed E-state index contributed by atoms with van der Waals surface area (Å²) in [6.45, 7) is 3.52. The Kier molecular flexibility index (Phi) is 7.79. The number of thiazole rings is 1. The first-order valence-corrected chi connectivity index (χ1v) is 14.7. The number of imide groups is 1. The van der Waals surface area contributed by atoms with Crippen LogP contribution in [0, 0.1) is 5.92 Å². The van der Waals surface area contributed by atoms with E-state index < -0.39 is 40.8 Å². The lowest BCUT2D eigenvalue weighted by molar-refractivity contribution is -0.144. The summed E-state index contributed by atoms with van der Waals surface area (Å²) < 4.78 is 12.3. The Balaban J connectivity index is 1.57. The van der Waals surface area contributed by atoms with E-state index in [0.29, 0.717) is 21.2 Å². The molecule has 1 saturated heterocycles. The molecule has 3 aromatic rings. The first kappa shape index (κ1) is 27.4. The number of hydrogen-bond donors (Lipinski definition) is 0. The Morgan fingerprint density at radius 2 is 1.59 bits per heavy atom. The second-order valence-corrected chi connectivity index (χ2v) is 11.8. The maximum atomic E-state index is 13.9. The number of ether oxygens (including phenoxy) is 2. The van der Waals surface area contributed by atoms with Gasteiger partial charge in [0.15, 0.2) is 0 Å². The molecular formula is C27H23BrN2O7S2. The van der Waals surface area contributed by atoms with Gasteiger partial charge in [0, 0.05) is 15.3 Å². The van der Waals surface area contributed by atoms with Crippen molar-refractivity contribution in [1.82, 2.24) is 4.57 Å². The molecule has 3 atom stereocenters. The third-order valence-corrected chi connectivity index (χ3v) is 9.64. The minimum atomic E-state index is -0.814. The highest BCUT2D eigenvalue weighted by Gasteiger charge is 2.56. The molecule has 0 aliphatic carbocycles. The quantitative estimate of drug-likeness (QED) is 0.282. The molecule has 12 heteroatoms. The Morgan fingerprint density at radius 1 is 0.923 bits per heavy atom. The molecule has 2 aromatic carbocycles. The van der Waals surface area contributed by atoms with Crippen molar-refractivity contribution in [1.29, 1.82) is 0 Å². The Hall–Kier alpha value is -3.22. The third kappa shape index (κ3) is 4.96. The van der Waals surface area contributed by atoms with Crippen LogP contribution in [0.1, 0.15) is 40.6 Å². The monoisotopic (exact) mass is 630 g/mol. The van der Waals surface area contributed by atoms with E-state index in [4.69, 9.17) is 9.47 Å². The van der Waals surface area contributed by atoms with Crippen LogP contribution in [0.3, 0.4) is 0 Å². The number of rotatable bonds is 7. The number of nitrogens with zero attached hydrogens (tertiary/aromatic N) is 2. The molecule has 1 aromatic heterocycles. The molecule has 3 heterocycles. The molecule has 0 spiro atoms. The maximum absolute atomic E-state index is 13.9. The summed E-state index contributed by atoms with van der Waals surface area (Å²) in [6.07, 6.45) is 0. The van der Waals surface area contributed by atoms with Crippen LogP contribution in [-0.4, -0.2) is 46.8 Å². The van der Waals surface area contributed by atoms with Gasteiger partial charge in [-0.05, 0) is 55.8 Å². The lowest BCUT2D eigenvalue weighted by Crippen LogP contribution is -2.32. The Morgan fingerprint density at radius 3 is 2.23 bits per heavy atom. The number of anilines is 1. The predicted molar refractivity (Wildman–Crippen MR) is 149 cm³/mol. The van der Waals surface area contributed by atoms with Crippen molar-refractivity contribution in [2.24, 2.45) is 5.92 Å². The normalized spacial score (nSPS) is 20.0. The zero-order valence-electron chi connectivity index (χ0n) is 20.9. The predicted octanol–water partition coefficient (Wildman–Crippen LogP) is 4.21. The summed E-state index contributed by atoms with van der Waals surface area (Å²) in [6, 6.07) is 13.5. The fourth-order valence-electron chi connectivity index (χ4n) is 4.84. The van der Waals surface area contributed by atoms with E-state index in [1.54, 1.807) is 26.0 Å². The lowest BCUT2D eigenvalue weighted by Gasteiger charge is -2.30. The van der Waals surface area contributed by atoms with E-state index in [0.717, 1.165) is 38.0 Å². The number of benzene rings is 2.